The topological polar surface area (TPSA) is 58.4 Å². The van der Waals surface area contributed by atoms with Gasteiger partial charge in [0, 0.05) is 24.3 Å². The van der Waals surface area contributed by atoms with Crippen molar-refractivity contribution in [2.75, 3.05) is 18.5 Å². The van der Waals surface area contributed by atoms with Gasteiger partial charge in [-0.25, -0.2) is 0 Å². The molecule has 0 aromatic heterocycles. The van der Waals surface area contributed by atoms with Crippen LogP contribution < -0.4 is 11.3 Å². The number of hydrogen-bond acceptors (Lipinski definition) is 3. The first-order valence-corrected chi connectivity index (χ1v) is 6.46. The Kier molecular flexibility index (Phi) is 3.87. The van der Waals surface area contributed by atoms with Crippen LogP contribution in [0.5, 0.6) is 0 Å². The van der Waals surface area contributed by atoms with Crippen LogP contribution in [0.3, 0.4) is 0 Å². The molecule has 4 heteroatoms. The van der Waals surface area contributed by atoms with Crippen LogP contribution in [0.1, 0.15) is 30.6 Å². The molecule has 1 amide bonds. The third kappa shape index (κ3) is 2.82. The van der Waals surface area contributed by atoms with E-state index in [1.54, 1.807) is 0 Å². The van der Waals surface area contributed by atoms with Gasteiger partial charge in [0.1, 0.15) is 0 Å². The van der Waals surface area contributed by atoms with E-state index < -0.39 is 0 Å². The molecule has 1 heterocycles. The SMILES string of the molecule is CC1CC(C)CN(C(=O)c2ccc(NN)cc2)C1. The number of anilines is 1. The minimum absolute atomic E-state index is 0.122. The largest absolute Gasteiger partial charge is 0.338 e. The molecule has 1 aliphatic heterocycles. The number of amides is 1. The lowest BCUT2D eigenvalue weighted by molar-refractivity contribution is 0.0623. The number of hydrazine groups is 1. The van der Waals surface area contributed by atoms with Crippen molar-refractivity contribution >= 4 is 11.6 Å². The molecular weight excluding hydrogens is 226 g/mol. The fourth-order valence-corrected chi connectivity index (χ4v) is 2.72. The molecule has 0 aliphatic carbocycles. The molecule has 3 N–H and O–H groups in total. The first-order chi connectivity index (χ1) is 8.60. The molecule has 1 aromatic carbocycles. The minimum Gasteiger partial charge on any atom is -0.338 e. The van der Waals surface area contributed by atoms with Gasteiger partial charge in [-0.15, -0.1) is 0 Å². The highest BCUT2D eigenvalue weighted by atomic mass is 16.2. The van der Waals surface area contributed by atoms with Crippen LogP contribution in [0.2, 0.25) is 0 Å². The highest BCUT2D eigenvalue weighted by Crippen LogP contribution is 2.22. The monoisotopic (exact) mass is 247 g/mol. The maximum atomic E-state index is 12.4. The maximum Gasteiger partial charge on any atom is 0.253 e. The van der Waals surface area contributed by atoms with Crippen molar-refractivity contribution in [1.29, 1.82) is 0 Å². The molecule has 0 bridgehead atoms. The number of hydrogen-bond donors (Lipinski definition) is 2. The third-order valence-corrected chi connectivity index (χ3v) is 3.45. The van der Waals surface area contributed by atoms with Gasteiger partial charge in [-0.05, 0) is 42.5 Å². The van der Waals surface area contributed by atoms with Crippen molar-refractivity contribution in [1.82, 2.24) is 4.90 Å². The predicted octanol–water partition coefficient (Wildman–Crippen LogP) is 2.09. The Hall–Kier alpha value is -1.55. The Morgan fingerprint density at radius 2 is 1.78 bits per heavy atom. The molecular formula is C14H21N3O. The van der Waals surface area contributed by atoms with Crippen LogP contribution in [-0.4, -0.2) is 23.9 Å². The van der Waals surface area contributed by atoms with Gasteiger partial charge < -0.3 is 10.3 Å². The first-order valence-electron chi connectivity index (χ1n) is 6.46. The molecule has 2 unspecified atom stereocenters. The normalized spacial score (nSPS) is 23.8. The molecule has 1 fully saturated rings. The molecule has 4 nitrogen and oxygen atoms in total. The van der Waals surface area contributed by atoms with Crippen molar-refractivity contribution in [2.24, 2.45) is 17.7 Å². The Morgan fingerprint density at radius 3 is 2.28 bits per heavy atom. The van der Waals surface area contributed by atoms with E-state index >= 15 is 0 Å². The fourth-order valence-electron chi connectivity index (χ4n) is 2.72. The number of likely N-dealkylation sites (tertiary alicyclic amines) is 1. The van der Waals surface area contributed by atoms with E-state index in [-0.39, 0.29) is 5.91 Å². The molecule has 1 aromatic rings. The summed E-state index contributed by atoms with van der Waals surface area (Å²) in [5, 5.41) is 0. The number of nitrogen functional groups attached to an aromatic ring is 1. The molecule has 2 atom stereocenters. The summed E-state index contributed by atoms with van der Waals surface area (Å²) in [6, 6.07) is 7.29. The number of benzene rings is 1. The van der Waals surface area contributed by atoms with Crippen molar-refractivity contribution in [3.05, 3.63) is 29.8 Å². The molecule has 0 spiro atoms. The minimum atomic E-state index is 0.122. The summed E-state index contributed by atoms with van der Waals surface area (Å²) in [4.78, 5) is 14.3. The fraction of sp³-hybridized carbons (Fsp3) is 0.500. The zero-order chi connectivity index (χ0) is 13.1. The van der Waals surface area contributed by atoms with E-state index in [4.69, 9.17) is 5.84 Å². The summed E-state index contributed by atoms with van der Waals surface area (Å²) < 4.78 is 0. The summed E-state index contributed by atoms with van der Waals surface area (Å²) in [5.74, 6) is 6.60. The van der Waals surface area contributed by atoms with Gasteiger partial charge in [0.15, 0.2) is 0 Å². The Labute approximate surface area is 108 Å². The Bertz CT molecular complexity index is 406. The van der Waals surface area contributed by atoms with Crippen LogP contribution in [0.15, 0.2) is 24.3 Å². The van der Waals surface area contributed by atoms with Crippen molar-refractivity contribution in [3.63, 3.8) is 0 Å². The lowest BCUT2D eigenvalue weighted by Gasteiger charge is -2.35. The van der Waals surface area contributed by atoms with Gasteiger partial charge in [-0.2, -0.15) is 0 Å². The Balaban J connectivity index is 2.09. The van der Waals surface area contributed by atoms with E-state index in [9.17, 15) is 4.79 Å². The molecule has 18 heavy (non-hydrogen) atoms. The average molecular weight is 247 g/mol. The van der Waals surface area contributed by atoms with Crippen LogP contribution in [0.4, 0.5) is 5.69 Å². The number of carbonyl (C=O) groups excluding carboxylic acids is 1. The highest BCUT2D eigenvalue weighted by Gasteiger charge is 2.25. The van der Waals surface area contributed by atoms with Crippen LogP contribution in [0.25, 0.3) is 0 Å². The lowest BCUT2D eigenvalue weighted by Crippen LogP contribution is -2.42. The first kappa shape index (κ1) is 12.9. The zero-order valence-corrected chi connectivity index (χ0v) is 11.0. The average Bonchev–Trinajstić information content (AvgIpc) is 2.37. The standard InChI is InChI=1S/C14H21N3O/c1-10-7-11(2)9-17(8-10)14(18)12-3-5-13(16-15)6-4-12/h3-6,10-11,16H,7-9,15H2,1-2H3. The maximum absolute atomic E-state index is 12.4. The van der Waals surface area contributed by atoms with E-state index in [0.29, 0.717) is 11.8 Å². The molecule has 2 rings (SSSR count). The van der Waals surface area contributed by atoms with Gasteiger partial charge in [0.05, 0.1) is 0 Å². The van der Waals surface area contributed by atoms with Crippen molar-refractivity contribution in [3.8, 4) is 0 Å². The molecule has 0 radical (unpaired) electrons. The van der Waals surface area contributed by atoms with Crippen molar-refractivity contribution < 1.29 is 4.79 Å². The summed E-state index contributed by atoms with van der Waals surface area (Å²) in [5.41, 5.74) is 4.11. The molecule has 1 saturated heterocycles. The molecule has 98 valence electrons. The number of carbonyl (C=O) groups is 1. The summed E-state index contributed by atoms with van der Waals surface area (Å²) in [7, 11) is 0. The van der Waals surface area contributed by atoms with Gasteiger partial charge >= 0.3 is 0 Å². The summed E-state index contributed by atoms with van der Waals surface area (Å²) in [6.45, 7) is 6.13. The van der Waals surface area contributed by atoms with Crippen molar-refractivity contribution in [2.45, 2.75) is 20.3 Å². The number of nitrogens with zero attached hydrogens (tertiary/aromatic N) is 1. The number of piperidine rings is 1. The van der Waals surface area contributed by atoms with Gasteiger partial charge in [0.25, 0.3) is 5.91 Å². The van der Waals surface area contributed by atoms with Crippen LogP contribution in [-0.2, 0) is 0 Å². The smallest absolute Gasteiger partial charge is 0.253 e. The lowest BCUT2D eigenvalue weighted by atomic mass is 9.91. The third-order valence-electron chi connectivity index (χ3n) is 3.45. The summed E-state index contributed by atoms with van der Waals surface area (Å²) in [6.07, 6.45) is 1.21. The molecule has 0 saturated carbocycles. The second-order valence-corrected chi connectivity index (χ2v) is 5.38. The quantitative estimate of drug-likeness (QED) is 0.621. The van der Waals surface area contributed by atoms with Gasteiger partial charge in [-0.3, -0.25) is 10.6 Å². The highest BCUT2D eigenvalue weighted by molar-refractivity contribution is 5.94. The van der Waals surface area contributed by atoms with Gasteiger partial charge in [-0.1, -0.05) is 13.8 Å². The molecule has 1 aliphatic rings. The Morgan fingerprint density at radius 1 is 1.22 bits per heavy atom. The second-order valence-electron chi connectivity index (χ2n) is 5.38. The number of nitrogens with two attached hydrogens (primary N) is 1. The van der Waals surface area contributed by atoms with Crippen LogP contribution in [0, 0.1) is 11.8 Å². The van der Waals surface area contributed by atoms with Crippen LogP contribution >= 0.6 is 0 Å². The second kappa shape index (κ2) is 5.40. The van der Waals surface area contributed by atoms with E-state index in [1.165, 1.54) is 6.42 Å². The number of nitrogens with one attached hydrogen (secondary N) is 1. The van der Waals surface area contributed by atoms with Gasteiger partial charge in [0.2, 0.25) is 0 Å². The number of rotatable bonds is 2. The van der Waals surface area contributed by atoms with E-state index in [2.05, 4.69) is 19.3 Å². The zero-order valence-electron chi connectivity index (χ0n) is 11.0. The predicted molar refractivity (Wildman–Crippen MR) is 73.1 cm³/mol. The summed E-state index contributed by atoms with van der Waals surface area (Å²) >= 11 is 0. The van der Waals surface area contributed by atoms with E-state index in [1.807, 2.05) is 29.2 Å². The van der Waals surface area contributed by atoms with E-state index in [0.717, 1.165) is 24.3 Å².